The molecule has 4 aromatic rings. The number of carbonyl (C=O) groups excluding carboxylic acids is 2. The second kappa shape index (κ2) is 10.0. The Balaban J connectivity index is 1.40. The lowest BCUT2D eigenvalue weighted by Crippen LogP contribution is -2.20. The number of hydrogen-bond donors (Lipinski definition) is 2. The maximum Gasteiger partial charge on any atom is 0.236 e. The number of nitrogens with zero attached hydrogens (tertiary/aromatic N) is 2. The maximum absolute atomic E-state index is 12.8. The zero-order valence-electron chi connectivity index (χ0n) is 16.7. The van der Waals surface area contributed by atoms with Gasteiger partial charge < -0.3 is 10.6 Å². The number of hydrogen-bond acceptors (Lipinski definition) is 7. The summed E-state index contributed by atoms with van der Waals surface area (Å²) in [7, 11) is 0. The molecule has 0 saturated carbocycles. The molecule has 2 aromatic carbocycles. The van der Waals surface area contributed by atoms with Gasteiger partial charge in [-0.2, -0.15) is 0 Å². The molecule has 0 aliphatic rings. The van der Waals surface area contributed by atoms with Gasteiger partial charge in [0.1, 0.15) is 0 Å². The first kappa shape index (κ1) is 21.5. The Labute approximate surface area is 192 Å². The van der Waals surface area contributed by atoms with E-state index in [9.17, 15) is 9.59 Å². The van der Waals surface area contributed by atoms with Gasteiger partial charge in [-0.25, -0.2) is 9.97 Å². The van der Waals surface area contributed by atoms with E-state index in [1.54, 1.807) is 6.20 Å². The van der Waals surface area contributed by atoms with Gasteiger partial charge in [0.25, 0.3) is 0 Å². The fourth-order valence-corrected chi connectivity index (χ4v) is 5.55. The highest BCUT2D eigenvalue weighted by molar-refractivity contribution is 8.01. The first-order valence-corrected chi connectivity index (χ1v) is 12.4. The van der Waals surface area contributed by atoms with Crippen LogP contribution in [0.1, 0.15) is 24.8 Å². The first-order chi connectivity index (χ1) is 15.1. The van der Waals surface area contributed by atoms with Crippen molar-refractivity contribution >= 4 is 67.3 Å². The van der Waals surface area contributed by atoms with E-state index in [4.69, 9.17) is 0 Å². The van der Waals surface area contributed by atoms with Gasteiger partial charge in [-0.1, -0.05) is 49.0 Å². The van der Waals surface area contributed by atoms with Gasteiger partial charge in [-0.05, 0) is 30.2 Å². The highest BCUT2D eigenvalue weighted by atomic mass is 32.2. The molecule has 0 bridgehead atoms. The smallest absolute Gasteiger partial charge is 0.236 e. The number of carbonyl (C=O) groups is 2. The summed E-state index contributed by atoms with van der Waals surface area (Å²) in [6.07, 6.45) is 2.38. The predicted molar refractivity (Wildman–Crippen MR) is 129 cm³/mol. The number of thioether (sulfide) groups is 1. The average molecular weight is 469 g/mol. The van der Waals surface area contributed by atoms with E-state index in [0.29, 0.717) is 5.13 Å². The minimum atomic E-state index is -0.194. The molecule has 0 spiro atoms. The Bertz CT molecular complexity index is 1180. The van der Waals surface area contributed by atoms with Crippen molar-refractivity contribution in [1.29, 1.82) is 0 Å². The topological polar surface area (TPSA) is 84.0 Å². The highest BCUT2D eigenvalue weighted by Crippen LogP contribution is 2.32. The number of anilines is 2. The normalized spacial score (nSPS) is 11.9. The monoisotopic (exact) mass is 468 g/mol. The van der Waals surface area contributed by atoms with Crippen LogP contribution in [-0.2, 0) is 9.59 Å². The molecule has 6 nitrogen and oxygen atoms in total. The fourth-order valence-electron chi connectivity index (χ4n) is 3.10. The van der Waals surface area contributed by atoms with Gasteiger partial charge in [-0.15, -0.1) is 22.7 Å². The Morgan fingerprint density at radius 1 is 1.13 bits per heavy atom. The molecule has 2 N–H and O–H groups in total. The van der Waals surface area contributed by atoms with Crippen molar-refractivity contribution in [3.05, 3.63) is 65.7 Å². The molecule has 9 heteroatoms. The summed E-state index contributed by atoms with van der Waals surface area (Å²) < 4.78 is 1.77. The summed E-state index contributed by atoms with van der Waals surface area (Å²) in [6.45, 7) is 2.01. The third-order valence-corrected chi connectivity index (χ3v) is 7.42. The molecule has 0 fully saturated rings. The maximum atomic E-state index is 12.8. The predicted octanol–water partition coefficient (Wildman–Crippen LogP) is 5.62. The van der Waals surface area contributed by atoms with E-state index >= 15 is 0 Å². The van der Waals surface area contributed by atoms with Crippen molar-refractivity contribution in [3.8, 4) is 0 Å². The van der Waals surface area contributed by atoms with Crippen molar-refractivity contribution in [3.63, 3.8) is 0 Å². The molecular formula is C22H20N4O2S3. The second-order valence-electron chi connectivity index (χ2n) is 6.70. The molecule has 4 rings (SSSR count). The molecule has 31 heavy (non-hydrogen) atoms. The molecule has 0 aliphatic heterocycles. The molecular weight excluding hydrogens is 448 g/mol. The van der Waals surface area contributed by atoms with E-state index < -0.39 is 0 Å². The van der Waals surface area contributed by atoms with Crippen LogP contribution in [-0.4, -0.2) is 27.5 Å². The lowest BCUT2D eigenvalue weighted by molar-refractivity contribution is -0.117. The Morgan fingerprint density at radius 2 is 1.97 bits per heavy atom. The van der Waals surface area contributed by atoms with Gasteiger partial charge in [0.05, 0.1) is 21.9 Å². The van der Waals surface area contributed by atoms with Crippen LogP contribution >= 0.6 is 34.4 Å². The summed E-state index contributed by atoms with van der Waals surface area (Å²) in [5, 5.41) is 8.20. The SMILES string of the molecule is CCC(C(=O)Nc1ccc2nc(SCC(=O)Nc3nccs3)sc2c1)c1ccccc1. The Kier molecular flexibility index (Phi) is 6.96. The van der Waals surface area contributed by atoms with Gasteiger partial charge >= 0.3 is 0 Å². The van der Waals surface area contributed by atoms with E-state index in [1.807, 2.05) is 60.8 Å². The number of nitrogens with one attached hydrogen (secondary N) is 2. The van der Waals surface area contributed by atoms with Crippen LogP contribution in [0, 0.1) is 0 Å². The molecule has 0 saturated heterocycles. The Hall–Kier alpha value is -2.75. The zero-order chi connectivity index (χ0) is 21.6. The van der Waals surface area contributed by atoms with E-state index in [0.717, 1.165) is 32.2 Å². The third-order valence-electron chi connectivity index (χ3n) is 4.57. The van der Waals surface area contributed by atoms with Crippen molar-refractivity contribution in [1.82, 2.24) is 9.97 Å². The largest absolute Gasteiger partial charge is 0.326 e. The quantitative estimate of drug-likeness (QED) is 0.328. The van der Waals surface area contributed by atoms with Crippen molar-refractivity contribution < 1.29 is 9.59 Å². The molecule has 2 heterocycles. The van der Waals surface area contributed by atoms with Gasteiger partial charge in [0.2, 0.25) is 11.8 Å². The van der Waals surface area contributed by atoms with Crippen molar-refractivity contribution in [2.45, 2.75) is 23.6 Å². The second-order valence-corrected chi connectivity index (χ2v) is 9.84. The van der Waals surface area contributed by atoms with Crippen LogP contribution in [0.3, 0.4) is 0 Å². The summed E-state index contributed by atoms with van der Waals surface area (Å²) in [6, 6.07) is 15.5. The minimum absolute atomic E-state index is 0.0222. The fraction of sp³-hybridized carbons (Fsp3) is 0.182. The molecule has 0 aliphatic carbocycles. The molecule has 1 atom stereocenters. The molecule has 158 valence electrons. The van der Waals surface area contributed by atoms with Crippen LogP contribution in [0.15, 0.2) is 64.4 Å². The van der Waals surface area contributed by atoms with Crippen molar-refractivity contribution in [2.24, 2.45) is 0 Å². The first-order valence-electron chi connectivity index (χ1n) is 9.71. The summed E-state index contributed by atoms with van der Waals surface area (Å²) >= 11 is 4.28. The van der Waals surface area contributed by atoms with Gasteiger partial charge in [-0.3, -0.25) is 9.59 Å². The summed E-state index contributed by atoms with van der Waals surface area (Å²) in [4.78, 5) is 33.5. The third kappa shape index (κ3) is 5.49. The minimum Gasteiger partial charge on any atom is -0.326 e. The number of thiazole rings is 2. The van der Waals surface area contributed by atoms with E-state index in [2.05, 4.69) is 20.6 Å². The molecule has 0 radical (unpaired) electrons. The lowest BCUT2D eigenvalue weighted by atomic mass is 9.95. The Morgan fingerprint density at radius 3 is 2.71 bits per heavy atom. The van der Waals surface area contributed by atoms with Crippen LogP contribution in [0.5, 0.6) is 0 Å². The average Bonchev–Trinajstić information content (AvgIpc) is 3.42. The lowest BCUT2D eigenvalue weighted by Gasteiger charge is -2.15. The number of rotatable bonds is 8. The molecule has 2 amide bonds. The summed E-state index contributed by atoms with van der Waals surface area (Å²) in [5.74, 6) is -0.0661. The number of aromatic nitrogens is 2. The van der Waals surface area contributed by atoms with Gasteiger partial charge in [0, 0.05) is 17.3 Å². The van der Waals surface area contributed by atoms with E-state index in [1.165, 1.54) is 34.4 Å². The molecule has 1 unspecified atom stereocenters. The van der Waals surface area contributed by atoms with Crippen LogP contribution in [0.25, 0.3) is 10.2 Å². The highest BCUT2D eigenvalue weighted by Gasteiger charge is 2.19. The number of fused-ring (bicyclic) bond motifs is 1. The number of benzene rings is 2. The van der Waals surface area contributed by atoms with Crippen LogP contribution in [0.2, 0.25) is 0 Å². The molecule has 2 aromatic heterocycles. The summed E-state index contributed by atoms with van der Waals surface area (Å²) in [5.41, 5.74) is 2.60. The zero-order valence-corrected chi connectivity index (χ0v) is 19.2. The van der Waals surface area contributed by atoms with Crippen molar-refractivity contribution in [2.75, 3.05) is 16.4 Å². The van der Waals surface area contributed by atoms with Gasteiger partial charge in [0.15, 0.2) is 9.47 Å². The standard InChI is InChI=1S/C22H20N4O2S3/c1-2-16(14-6-4-3-5-7-14)20(28)24-15-8-9-17-18(12-15)31-22(25-17)30-13-19(27)26-21-23-10-11-29-21/h3-12,16H,2,13H2,1H3,(H,24,28)(H,23,26,27). The van der Waals surface area contributed by atoms with Crippen LogP contribution in [0.4, 0.5) is 10.8 Å². The van der Waals surface area contributed by atoms with Crippen LogP contribution < -0.4 is 10.6 Å². The number of amides is 2. The van der Waals surface area contributed by atoms with E-state index in [-0.39, 0.29) is 23.5 Å².